The van der Waals surface area contributed by atoms with Crippen LogP contribution in [0.3, 0.4) is 0 Å². The Labute approximate surface area is 88.3 Å². The quantitative estimate of drug-likeness (QED) is 0.748. The molecule has 0 aliphatic heterocycles. The van der Waals surface area contributed by atoms with Crippen LogP contribution in [0.2, 0.25) is 0 Å². The highest BCUT2D eigenvalue weighted by Crippen LogP contribution is 2.06. The average Bonchev–Trinajstić information content (AvgIpc) is 2.42. The van der Waals surface area contributed by atoms with Crippen molar-refractivity contribution < 1.29 is 13.2 Å². The molecule has 1 aromatic heterocycles. The molecular formula is C7H14N4O3S. The van der Waals surface area contributed by atoms with E-state index >= 15 is 0 Å². The molecule has 0 amide bonds. The van der Waals surface area contributed by atoms with Crippen molar-refractivity contribution in [3.05, 3.63) is 5.82 Å². The zero-order valence-corrected chi connectivity index (χ0v) is 9.65. The van der Waals surface area contributed by atoms with Gasteiger partial charge in [0.1, 0.15) is 6.61 Å². The van der Waals surface area contributed by atoms with Crippen LogP contribution in [0.1, 0.15) is 19.7 Å². The molecule has 15 heavy (non-hydrogen) atoms. The molecule has 0 saturated carbocycles. The van der Waals surface area contributed by atoms with Gasteiger partial charge in [-0.2, -0.15) is 0 Å². The summed E-state index contributed by atoms with van der Waals surface area (Å²) in [4.78, 5) is 0. The maximum atomic E-state index is 11.0. The van der Waals surface area contributed by atoms with Crippen LogP contribution in [0.25, 0.3) is 0 Å². The highest BCUT2D eigenvalue weighted by molar-refractivity contribution is 7.89. The fourth-order valence-electron chi connectivity index (χ4n) is 0.960. The molecule has 8 heteroatoms. The third-order valence-corrected chi connectivity index (χ3v) is 2.59. The lowest BCUT2D eigenvalue weighted by Crippen LogP contribution is -2.18. The smallest absolute Gasteiger partial charge is 0.273 e. The average molecular weight is 234 g/mol. The summed E-state index contributed by atoms with van der Waals surface area (Å²) in [5, 5.41) is 11.8. The highest BCUT2D eigenvalue weighted by Gasteiger charge is 2.18. The van der Waals surface area contributed by atoms with E-state index in [0.717, 1.165) is 0 Å². The van der Waals surface area contributed by atoms with Crippen LogP contribution in [-0.4, -0.2) is 29.3 Å². The Bertz CT molecular complexity index is 437. The first-order valence-corrected chi connectivity index (χ1v) is 5.89. The number of sulfonamides is 1. The van der Waals surface area contributed by atoms with Crippen LogP contribution in [-0.2, 0) is 28.4 Å². The maximum Gasteiger partial charge on any atom is 0.273 e. The third-order valence-electron chi connectivity index (χ3n) is 1.73. The Morgan fingerprint density at radius 2 is 2.07 bits per heavy atom. The summed E-state index contributed by atoms with van der Waals surface area (Å²) < 4.78 is 28.6. The van der Waals surface area contributed by atoms with Crippen molar-refractivity contribution in [1.29, 1.82) is 0 Å². The summed E-state index contributed by atoms with van der Waals surface area (Å²) in [5.74, 6) is 0.424. The maximum absolute atomic E-state index is 11.0. The van der Waals surface area contributed by atoms with Crippen LogP contribution in [0.15, 0.2) is 5.16 Å². The van der Waals surface area contributed by atoms with Gasteiger partial charge in [0.05, 0.1) is 6.10 Å². The van der Waals surface area contributed by atoms with E-state index in [2.05, 4.69) is 10.2 Å². The molecule has 1 rings (SSSR count). The topological polar surface area (TPSA) is 100 Å². The Morgan fingerprint density at radius 1 is 1.47 bits per heavy atom. The molecule has 1 aromatic rings. The Morgan fingerprint density at radius 3 is 2.47 bits per heavy atom. The molecule has 1 heterocycles. The molecule has 0 saturated heterocycles. The fraction of sp³-hybridized carbons (Fsp3) is 0.714. The number of nitrogens with two attached hydrogens (primary N) is 1. The van der Waals surface area contributed by atoms with Crippen molar-refractivity contribution in [3.8, 4) is 0 Å². The second-order valence-electron chi connectivity index (χ2n) is 3.36. The Balaban J connectivity index is 2.90. The van der Waals surface area contributed by atoms with E-state index in [4.69, 9.17) is 9.88 Å². The van der Waals surface area contributed by atoms with Crippen LogP contribution in [0, 0.1) is 0 Å². The number of aromatic nitrogens is 3. The van der Waals surface area contributed by atoms with Gasteiger partial charge in [0.25, 0.3) is 15.2 Å². The minimum Gasteiger partial charge on any atom is -0.371 e. The van der Waals surface area contributed by atoms with Crippen molar-refractivity contribution >= 4 is 10.0 Å². The van der Waals surface area contributed by atoms with Gasteiger partial charge in [-0.25, -0.2) is 13.6 Å². The Hall–Kier alpha value is -0.990. The van der Waals surface area contributed by atoms with Crippen molar-refractivity contribution in [2.45, 2.75) is 31.7 Å². The summed E-state index contributed by atoms with van der Waals surface area (Å²) in [6, 6.07) is 0. The lowest BCUT2D eigenvalue weighted by atomic mass is 10.5. The number of hydrogen-bond donors (Lipinski definition) is 1. The predicted octanol–water partition coefficient (Wildman–Crippen LogP) is -0.612. The molecular weight excluding hydrogens is 220 g/mol. The summed E-state index contributed by atoms with van der Waals surface area (Å²) in [6.07, 6.45) is 0.0413. The molecule has 0 unspecified atom stereocenters. The fourth-order valence-corrected chi connectivity index (χ4v) is 1.60. The molecule has 0 atom stereocenters. The first-order chi connectivity index (χ1) is 6.82. The summed E-state index contributed by atoms with van der Waals surface area (Å²) >= 11 is 0. The van der Waals surface area contributed by atoms with Gasteiger partial charge in [-0.05, 0) is 13.8 Å². The molecule has 86 valence electrons. The molecule has 0 fully saturated rings. The Kier molecular flexibility index (Phi) is 3.42. The number of ether oxygens (including phenoxy) is 1. The summed E-state index contributed by atoms with van der Waals surface area (Å²) in [7, 11) is -2.29. The van der Waals surface area contributed by atoms with Crippen LogP contribution < -0.4 is 5.14 Å². The van der Waals surface area contributed by atoms with Gasteiger partial charge in [-0.1, -0.05) is 0 Å². The molecule has 0 aliphatic rings. The van der Waals surface area contributed by atoms with Crippen LogP contribution in [0.4, 0.5) is 0 Å². The van der Waals surface area contributed by atoms with E-state index in [0.29, 0.717) is 5.82 Å². The largest absolute Gasteiger partial charge is 0.371 e. The van der Waals surface area contributed by atoms with E-state index < -0.39 is 10.0 Å². The molecule has 0 aliphatic carbocycles. The van der Waals surface area contributed by atoms with Crippen molar-refractivity contribution in [1.82, 2.24) is 14.8 Å². The third kappa shape index (κ3) is 2.98. The molecule has 0 spiro atoms. The van der Waals surface area contributed by atoms with Gasteiger partial charge >= 0.3 is 0 Å². The highest BCUT2D eigenvalue weighted by atomic mass is 32.2. The van der Waals surface area contributed by atoms with E-state index in [1.165, 1.54) is 11.6 Å². The lowest BCUT2D eigenvalue weighted by Gasteiger charge is -2.06. The zero-order valence-electron chi connectivity index (χ0n) is 8.84. The van der Waals surface area contributed by atoms with Crippen molar-refractivity contribution in [2.75, 3.05) is 0 Å². The number of primary sulfonamides is 1. The summed E-state index contributed by atoms with van der Waals surface area (Å²) in [6.45, 7) is 3.95. The molecule has 7 nitrogen and oxygen atoms in total. The van der Waals surface area contributed by atoms with Gasteiger partial charge in [0.15, 0.2) is 5.82 Å². The lowest BCUT2D eigenvalue weighted by molar-refractivity contribution is 0.0595. The minimum absolute atomic E-state index is 0.0413. The van der Waals surface area contributed by atoms with E-state index in [1.807, 2.05) is 13.8 Å². The van der Waals surface area contributed by atoms with Gasteiger partial charge in [0, 0.05) is 7.05 Å². The van der Waals surface area contributed by atoms with Crippen molar-refractivity contribution in [3.63, 3.8) is 0 Å². The number of hydrogen-bond acceptors (Lipinski definition) is 5. The van der Waals surface area contributed by atoms with Crippen LogP contribution in [0.5, 0.6) is 0 Å². The predicted molar refractivity (Wildman–Crippen MR) is 52.3 cm³/mol. The monoisotopic (exact) mass is 234 g/mol. The van der Waals surface area contributed by atoms with Crippen molar-refractivity contribution in [2.24, 2.45) is 12.2 Å². The van der Waals surface area contributed by atoms with E-state index in [-0.39, 0.29) is 17.9 Å². The van der Waals surface area contributed by atoms with E-state index in [9.17, 15) is 8.42 Å². The van der Waals surface area contributed by atoms with Gasteiger partial charge < -0.3 is 9.30 Å². The standard InChI is InChI=1S/C7H14N4O3S/c1-5(2)14-4-6-9-10-7(11(6)3)15(8,12)13/h5H,4H2,1-3H3,(H2,8,12,13). The number of nitrogens with zero attached hydrogens (tertiary/aromatic N) is 3. The SMILES string of the molecule is CC(C)OCc1nnc(S(N)(=O)=O)n1C. The normalized spacial score (nSPS) is 12.3. The second-order valence-corrected chi connectivity index (χ2v) is 4.82. The number of rotatable bonds is 4. The van der Waals surface area contributed by atoms with Crippen LogP contribution >= 0.6 is 0 Å². The first-order valence-electron chi connectivity index (χ1n) is 4.35. The molecule has 2 N–H and O–H groups in total. The van der Waals surface area contributed by atoms with Gasteiger partial charge in [-0.3, -0.25) is 0 Å². The van der Waals surface area contributed by atoms with Gasteiger partial charge in [0.2, 0.25) is 0 Å². The van der Waals surface area contributed by atoms with E-state index in [1.54, 1.807) is 0 Å². The first kappa shape index (κ1) is 12.1. The van der Waals surface area contributed by atoms with Gasteiger partial charge in [-0.15, -0.1) is 10.2 Å². The zero-order chi connectivity index (χ0) is 11.6. The second kappa shape index (κ2) is 4.25. The summed E-state index contributed by atoms with van der Waals surface area (Å²) in [5.41, 5.74) is 0. The molecule has 0 bridgehead atoms. The molecule has 0 aromatic carbocycles. The minimum atomic E-state index is -3.82. The molecule has 0 radical (unpaired) electrons.